The molecule has 0 bridgehead atoms. The molecular formula is C9H7N3. The zero-order valence-electron chi connectivity index (χ0n) is 6.33. The molecule has 3 N–H and O–H groups in total. The lowest BCUT2D eigenvalue weighted by atomic mass is 10.1. The van der Waals surface area contributed by atoms with Crippen molar-refractivity contribution in [2.75, 3.05) is 5.73 Å². The number of hydrogen-bond donors (Lipinski definition) is 2. The fraction of sp³-hybridized carbons (Fsp3) is 0. The number of anilines is 1. The number of nitrogens with one attached hydrogen (secondary N) is 1. The number of fused-ring (bicyclic) bond motifs is 1. The maximum atomic E-state index is 8.74. The molecule has 0 spiro atoms. The number of benzene rings is 1. The van der Waals surface area contributed by atoms with E-state index in [1.165, 1.54) is 0 Å². The van der Waals surface area contributed by atoms with Gasteiger partial charge in [0.15, 0.2) is 0 Å². The first-order valence-corrected chi connectivity index (χ1v) is 3.58. The van der Waals surface area contributed by atoms with Crippen molar-refractivity contribution in [3.8, 4) is 6.07 Å². The quantitative estimate of drug-likeness (QED) is 0.570. The third kappa shape index (κ3) is 0.753. The predicted molar refractivity (Wildman–Crippen MR) is 47.4 cm³/mol. The van der Waals surface area contributed by atoms with Crippen molar-refractivity contribution in [1.29, 1.82) is 5.26 Å². The second-order valence-electron chi connectivity index (χ2n) is 2.58. The Bertz CT molecular complexity index is 462. The third-order valence-electron chi connectivity index (χ3n) is 1.88. The Morgan fingerprint density at radius 2 is 2.17 bits per heavy atom. The molecule has 0 saturated heterocycles. The maximum Gasteiger partial charge on any atom is 0.0998 e. The van der Waals surface area contributed by atoms with Crippen molar-refractivity contribution < 1.29 is 0 Å². The van der Waals surface area contributed by atoms with E-state index in [2.05, 4.69) is 11.1 Å². The summed E-state index contributed by atoms with van der Waals surface area (Å²) in [6, 6.07) is 7.42. The van der Waals surface area contributed by atoms with Crippen molar-refractivity contribution in [3.63, 3.8) is 0 Å². The standard InChI is InChI=1S/C9H7N3/c10-5-6-1-2-8(11)9-7(6)3-4-12-9/h1-4,12H,11H2. The van der Waals surface area contributed by atoms with Gasteiger partial charge in [0, 0.05) is 11.6 Å². The second-order valence-corrected chi connectivity index (χ2v) is 2.58. The van der Waals surface area contributed by atoms with Gasteiger partial charge in [0.2, 0.25) is 0 Å². The number of nitrogens with two attached hydrogens (primary N) is 1. The minimum atomic E-state index is 0.653. The summed E-state index contributed by atoms with van der Waals surface area (Å²) in [4.78, 5) is 2.99. The molecule has 58 valence electrons. The molecular weight excluding hydrogens is 150 g/mol. The van der Waals surface area contributed by atoms with Gasteiger partial charge in [-0.05, 0) is 18.2 Å². The molecule has 0 atom stereocenters. The van der Waals surface area contributed by atoms with E-state index in [0.29, 0.717) is 11.3 Å². The Balaban J connectivity index is 2.94. The van der Waals surface area contributed by atoms with Crippen molar-refractivity contribution >= 4 is 16.6 Å². The third-order valence-corrected chi connectivity index (χ3v) is 1.88. The molecule has 1 aromatic heterocycles. The number of aromatic nitrogens is 1. The Hall–Kier alpha value is -1.95. The van der Waals surface area contributed by atoms with E-state index in [1.54, 1.807) is 18.3 Å². The van der Waals surface area contributed by atoms with Crippen LogP contribution in [0.25, 0.3) is 10.9 Å². The normalized spacial score (nSPS) is 9.92. The summed E-state index contributed by atoms with van der Waals surface area (Å²) in [5.74, 6) is 0. The topological polar surface area (TPSA) is 65.6 Å². The fourth-order valence-electron chi connectivity index (χ4n) is 1.28. The van der Waals surface area contributed by atoms with Crippen LogP contribution in [-0.4, -0.2) is 4.98 Å². The van der Waals surface area contributed by atoms with Crippen molar-refractivity contribution in [1.82, 2.24) is 4.98 Å². The summed E-state index contributed by atoms with van der Waals surface area (Å²) in [5, 5.41) is 9.63. The summed E-state index contributed by atoms with van der Waals surface area (Å²) >= 11 is 0. The maximum absolute atomic E-state index is 8.74. The highest BCUT2D eigenvalue weighted by atomic mass is 14.7. The van der Waals surface area contributed by atoms with Crippen molar-refractivity contribution in [2.24, 2.45) is 0 Å². The molecule has 12 heavy (non-hydrogen) atoms. The average molecular weight is 157 g/mol. The van der Waals surface area contributed by atoms with Crippen LogP contribution in [0.4, 0.5) is 5.69 Å². The van der Waals surface area contributed by atoms with Gasteiger partial charge in [0.25, 0.3) is 0 Å². The number of H-pyrrole nitrogens is 1. The first kappa shape index (κ1) is 6.74. The summed E-state index contributed by atoms with van der Waals surface area (Å²) in [7, 11) is 0. The number of aromatic amines is 1. The lowest BCUT2D eigenvalue weighted by Crippen LogP contribution is -1.87. The minimum Gasteiger partial charge on any atom is -0.397 e. The van der Waals surface area contributed by atoms with Crippen LogP contribution < -0.4 is 5.73 Å². The van der Waals surface area contributed by atoms with Crippen molar-refractivity contribution in [2.45, 2.75) is 0 Å². The Kier molecular flexibility index (Phi) is 1.28. The van der Waals surface area contributed by atoms with Crippen LogP contribution in [-0.2, 0) is 0 Å². The number of nitrogens with zero attached hydrogens (tertiary/aromatic N) is 1. The molecule has 1 aromatic carbocycles. The van der Waals surface area contributed by atoms with E-state index in [9.17, 15) is 0 Å². The molecule has 1 heterocycles. The van der Waals surface area contributed by atoms with Gasteiger partial charge in [0.05, 0.1) is 22.8 Å². The van der Waals surface area contributed by atoms with Gasteiger partial charge in [0.1, 0.15) is 0 Å². The van der Waals surface area contributed by atoms with Crippen LogP contribution >= 0.6 is 0 Å². The van der Waals surface area contributed by atoms with Gasteiger partial charge in [-0.2, -0.15) is 5.26 Å². The van der Waals surface area contributed by atoms with Gasteiger partial charge >= 0.3 is 0 Å². The van der Waals surface area contributed by atoms with Crippen LogP contribution in [0.2, 0.25) is 0 Å². The van der Waals surface area contributed by atoms with Gasteiger partial charge in [-0.1, -0.05) is 0 Å². The SMILES string of the molecule is N#Cc1ccc(N)c2[nH]ccc12. The van der Waals surface area contributed by atoms with Crippen LogP contribution in [0.15, 0.2) is 24.4 Å². The number of hydrogen-bond acceptors (Lipinski definition) is 2. The summed E-state index contributed by atoms with van der Waals surface area (Å²) < 4.78 is 0. The smallest absolute Gasteiger partial charge is 0.0998 e. The molecule has 0 amide bonds. The highest BCUT2D eigenvalue weighted by Crippen LogP contribution is 2.22. The Morgan fingerprint density at radius 1 is 1.33 bits per heavy atom. The van der Waals surface area contributed by atoms with Crippen LogP contribution in [0, 0.1) is 11.3 Å². The fourth-order valence-corrected chi connectivity index (χ4v) is 1.28. The molecule has 3 heteroatoms. The highest BCUT2D eigenvalue weighted by molar-refractivity contribution is 5.93. The van der Waals surface area contributed by atoms with Crippen LogP contribution in [0.1, 0.15) is 5.56 Å². The van der Waals surface area contributed by atoms with Crippen LogP contribution in [0.5, 0.6) is 0 Å². The minimum absolute atomic E-state index is 0.653. The molecule has 0 radical (unpaired) electrons. The molecule has 0 unspecified atom stereocenters. The van der Waals surface area contributed by atoms with Crippen LogP contribution in [0.3, 0.4) is 0 Å². The monoisotopic (exact) mass is 157 g/mol. The van der Waals surface area contributed by atoms with Gasteiger partial charge in [-0.3, -0.25) is 0 Å². The molecule has 0 saturated carbocycles. The number of rotatable bonds is 0. The number of nitrogen functional groups attached to an aromatic ring is 1. The first-order valence-electron chi connectivity index (χ1n) is 3.58. The second kappa shape index (κ2) is 2.28. The lowest BCUT2D eigenvalue weighted by molar-refractivity contribution is 1.47. The van der Waals surface area contributed by atoms with E-state index >= 15 is 0 Å². The van der Waals surface area contributed by atoms with Gasteiger partial charge in [-0.25, -0.2) is 0 Å². The predicted octanol–water partition coefficient (Wildman–Crippen LogP) is 1.62. The number of nitriles is 1. The molecule has 0 aliphatic rings. The Labute approximate surface area is 69.4 Å². The zero-order valence-corrected chi connectivity index (χ0v) is 6.33. The summed E-state index contributed by atoms with van der Waals surface area (Å²) in [5.41, 5.74) is 7.85. The van der Waals surface area contributed by atoms with E-state index in [-0.39, 0.29) is 0 Å². The van der Waals surface area contributed by atoms with E-state index in [0.717, 1.165) is 10.9 Å². The van der Waals surface area contributed by atoms with E-state index in [1.807, 2.05) is 6.07 Å². The molecule has 2 rings (SSSR count). The average Bonchev–Trinajstić information content (AvgIpc) is 2.54. The van der Waals surface area contributed by atoms with Gasteiger partial charge in [-0.15, -0.1) is 0 Å². The summed E-state index contributed by atoms with van der Waals surface area (Å²) in [6.07, 6.45) is 1.78. The largest absolute Gasteiger partial charge is 0.397 e. The summed E-state index contributed by atoms with van der Waals surface area (Å²) in [6.45, 7) is 0. The molecule has 0 aliphatic heterocycles. The zero-order chi connectivity index (χ0) is 8.55. The lowest BCUT2D eigenvalue weighted by Gasteiger charge is -1.96. The van der Waals surface area contributed by atoms with Crippen molar-refractivity contribution in [3.05, 3.63) is 30.0 Å². The Morgan fingerprint density at radius 3 is 2.92 bits per heavy atom. The van der Waals surface area contributed by atoms with E-state index < -0.39 is 0 Å². The molecule has 3 nitrogen and oxygen atoms in total. The van der Waals surface area contributed by atoms with E-state index in [4.69, 9.17) is 11.0 Å². The highest BCUT2D eigenvalue weighted by Gasteiger charge is 2.02. The molecule has 0 fully saturated rings. The first-order chi connectivity index (χ1) is 5.83. The molecule has 0 aliphatic carbocycles. The molecule has 2 aromatic rings. The van der Waals surface area contributed by atoms with Gasteiger partial charge < -0.3 is 10.7 Å².